The summed E-state index contributed by atoms with van der Waals surface area (Å²) in [4.78, 5) is 10.6. The molecule has 3 rings (SSSR count). The third-order valence-corrected chi connectivity index (χ3v) is 7.66. The van der Waals surface area contributed by atoms with Gasteiger partial charge in [0.05, 0.1) is 11.4 Å². The summed E-state index contributed by atoms with van der Waals surface area (Å²) in [6, 6.07) is 13.9. The van der Waals surface area contributed by atoms with E-state index in [1.54, 1.807) is 0 Å². The molecule has 0 aliphatic carbocycles. The van der Waals surface area contributed by atoms with Crippen LogP contribution in [0, 0.1) is 0 Å². The summed E-state index contributed by atoms with van der Waals surface area (Å²) in [5.41, 5.74) is 10.1. The summed E-state index contributed by atoms with van der Waals surface area (Å²) in [5.74, 6) is 1.81. The van der Waals surface area contributed by atoms with Gasteiger partial charge in [-0.2, -0.15) is 0 Å². The Balaban J connectivity index is 1.92. The first-order valence-corrected chi connectivity index (χ1v) is 14.1. The molecule has 1 aliphatic heterocycles. The Bertz CT molecular complexity index is 950. The van der Waals surface area contributed by atoms with Crippen LogP contribution in [-0.4, -0.2) is 23.5 Å². The zero-order valence-corrected chi connectivity index (χ0v) is 24.4. The molecule has 3 heteroatoms. The summed E-state index contributed by atoms with van der Waals surface area (Å²) in [7, 11) is 0. The first-order valence-electron chi connectivity index (χ1n) is 14.1. The molecular weight excluding hydrogens is 438 g/mol. The fourth-order valence-corrected chi connectivity index (χ4v) is 5.38. The third kappa shape index (κ3) is 6.54. The summed E-state index contributed by atoms with van der Waals surface area (Å²) in [5, 5.41) is 3.93. The van der Waals surface area contributed by atoms with E-state index >= 15 is 0 Å². The molecule has 3 nitrogen and oxygen atoms in total. The van der Waals surface area contributed by atoms with Crippen molar-refractivity contribution in [2.45, 2.75) is 124 Å². The van der Waals surface area contributed by atoms with Crippen molar-refractivity contribution < 1.29 is 0 Å². The second-order valence-electron chi connectivity index (χ2n) is 11.9. The Morgan fingerprint density at radius 1 is 0.611 bits per heavy atom. The minimum Gasteiger partial charge on any atom is -0.301 e. The molecule has 0 spiro atoms. The Labute approximate surface area is 220 Å². The van der Waals surface area contributed by atoms with Crippen molar-refractivity contribution in [3.05, 3.63) is 58.7 Å². The van der Waals surface area contributed by atoms with Gasteiger partial charge in [-0.05, 0) is 79.0 Å². The second-order valence-corrected chi connectivity index (χ2v) is 11.9. The maximum atomic E-state index is 5.29. The van der Waals surface area contributed by atoms with Gasteiger partial charge in [-0.3, -0.25) is 9.98 Å². The number of nitrogens with zero attached hydrogens (tertiary/aromatic N) is 2. The molecule has 1 heterocycles. The van der Waals surface area contributed by atoms with Gasteiger partial charge in [0, 0.05) is 23.5 Å². The maximum absolute atomic E-state index is 5.29. The van der Waals surface area contributed by atoms with E-state index in [0.29, 0.717) is 23.7 Å². The summed E-state index contributed by atoms with van der Waals surface area (Å²) in [6.07, 6.45) is 3.44. The van der Waals surface area contributed by atoms with Gasteiger partial charge in [-0.15, -0.1) is 0 Å². The van der Waals surface area contributed by atoms with Gasteiger partial charge in [0.2, 0.25) is 0 Å². The normalized spacial score (nSPS) is 19.7. The monoisotopic (exact) mass is 487 g/mol. The average Bonchev–Trinajstić information content (AvgIpc) is 2.83. The van der Waals surface area contributed by atoms with E-state index in [9.17, 15) is 0 Å². The SMILES string of the molecule is C/C(=N\c1c(C(C)C)cccc1C(C)C)C1CCCC(/C(C)=N/c2c(C(C)C)cccc2C(C)C)N1. The minimum atomic E-state index is 0.277. The number of aliphatic imine (C=N–C) groups is 2. The molecule has 0 bridgehead atoms. The van der Waals surface area contributed by atoms with E-state index in [4.69, 9.17) is 9.98 Å². The molecule has 2 atom stereocenters. The maximum Gasteiger partial charge on any atom is 0.0698 e. The van der Waals surface area contributed by atoms with Crippen molar-refractivity contribution >= 4 is 22.8 Å². The zero-order chi connectivity index (χ0) is 26.6. The third-order valence-electron chi connectivity index (χ3n) is 7.66. The van der Waals surface area contributed by atoms with Gasteiger partial charge in [0.25, 0.3) is 0 Å². The predicted molar refractivity (Wildman–Crippen MR) is 159 cm³/mol. The molecule has 196 valence electrons. The summed E-state index contributed by atoms with van der Waals surface area (Å²) in [6.45, 7) is 22.5. The van der Waals surface area contributed by atoms with Crippen LogP contribution in [0.2, 0.25) is 0 Å². The quantitative estimate of drug-likeness (QED) is 0.370. The van der Waals surface area contributed by atoms with Gasteiger partial charge in [0.1, 0.15) is 0 Å². The lowest BCUT2D eigenvalue weighted by molar-refractivity contribution is 0.427. The Kier molecular flexibility index (Phi) is 9.69. The number of hydrogen-bond donors (Lipinski definition) is 1. The summed E-state index contributed by atoms with van der Waals surface area (Å²) < 4.78 is 0. The number of rotatable bonds is 8. The van der Waals surface area contributed by atoms with Crippen LogP contribution in [0.5, 0.6) is 0 Å². The largest absolute Gasteiger partial charge is 0.301 e. The molecule has 0 aromatic heterocycles. The van der Waals surface area contributed by atoms with Crippen LogP contribution in [0.25, 0.3) is 0 Å². The van der Waals surface area contributed by atoms with Crippen LogP contribution >= 0.6 is 0 Å². The van der Waals surface area contributed by atoms with Crippen molar-refractivity contribution in [2.75, 3.05) is 0 Å². The van der Waals surface area contributed by atoms with Crippen LogP contribution in [-0.2, 0) is 0 Å². The smallest absolute Gasteiger partial charge is 0.0698 e. The molecule has 0 radical (unpaired) electrons. The van der Waals surface area contributed by atoms with Crippen LogP contribution in [0.15, 0.2) is 46.4 Å². The molecule has 36 heavy (non-hydrogen) atoms. The molecule has 1 saturated heterocycles. The van der Waals surface area contributed by atoms with E-state index in [0.717, 1.165) is 12.8 Å². The first kappa shape index (κ1) is 28.3. The average molecular weight is 488 g/mol. The number of benzene rings is 2. The number of piperidine rings is 1. The van der Waals surface area contributed by atoms with Crippen LogP contribution in [0.3, 0.4) is 0 Å². The highest BCUT2D eigenvalue weighted by molar-refractivity contribution is 5.94. The van der Waals surface area contributed by atoms with Crippen LogP contribution < -0.4 is 5.32 Å². The van der Waals surface area contributed by atoms with Crippen LogP contribution in [0.1, 0.15) is 134 Å². The van der Waals surface area contributed by atoms with E-state index in [1.165, 1.54) is 51.5 Å². The zero-order valence-electron chi connectivity index (χ0n) is 24.4. The van der Waals surface area contributed by atoms with Crippen LogP contribution in [0.4, 0.5) is 11.4 Å². The van der Waals surface area contributed by atoms with Gasteiger partial charge < -0.3 is 5.32 Å². The lowest BCUT2D eigenvalue weighted by atomic mass is 9.91. The first-order chi connectivity index (χ1) is 17.0. The Hall–Kier alpha value is -2.26. The summed E-state index contributed by atoms with van der Waals surface area (Å²) >= 11 is 0. The molecule has 2 aromatic carbocycles. The van der Waals surface area contributed by atoms with Gasteiger partial charge >= 0.3 is 0 Å². The highest BCUT2D eigenvalue weighted by atomic mass is 15.0. The van der Waals surface area contributed by atoms with Crippen molar-refractivity contribution in [2.24, 2.45) is 9.98 Å². The lowest BCUT2D eigenvalue weighted by Gasteiger charge is -2.32. The molecule has 1 fully saturated rings. The van der Waals surface area contributed by atoms with Crippen molar-refractivity contribution in [1.29, 1.82) is 0 Å². The predicted octanol–water partition coefficient (Wildman–Crippen LogP) is 9.58. The number of nitrogens with one attached hydrogen (secondary N) is 1. The minimum absolute atomic E-state index is 0.277. The van der Waals surface area contributed by atoms with Crippen molar-refractivity contribution in [3.8, 4) is 0 Å². The Morgan fingerprint density at radius 3 is 1.19 bits per heavy atom. The van der Waals surface area contributed by atoms with Crippen molar-refractivity contribution in [3.63, 3.8) is 0 Å². The fraction of sp³-hybridized carbons (Fsp3) is 0.576. The Morgan fingerprint density at radius 2 is 0.917 bits per heavy atom. The van der Waals surface area contributed by atoms with Gasteiger partial charge in [-0.1, -0.05) is 91.8 Å². The highest BCUT2D eigenvalue weighted by Gasteiger charge is 2.26. The molecule has 0 amide bonds. The molecule has 1 N–H and O–H groups in total. The van der Waals surface area contributed by atoms with E-state index in [-0.39, 0.29) is 12.1 Å². The topological polar surface area (TPSA) is 36.8 Å². The van der Waals surface area contributed by atoms with E-state index in [2.05, 4.69) is 111 Å². The molecule has 1 aliphatic rings. The standard InChI is InChI=1S/C33H49N3/c1-20(2)26-14-11-15-27(21(3)4)32(26)34-24(9)30-18-13-19-31(36-30)25(10)35-33-28(22(5)6)16-12-17-29(33)23(7)8/h11-12,14-17,20-23,30-31,36H,13,18-19H2,1-10H3/b34-24+,35-25+. The number of para-hydroxylation sites is 2. The molecule has 2 unspecified atom stereocenters. The number of hydrogen-bond acceptors (Lipinski definition) is 3. The fourth-order valence-electron chi connectivity index (χ4n) is 5.38. The van der Waals surface area contributed by atoms with Gasteiger partial charge in [-0.25, -0.2) is 0 Å². The molecule has 2 aromatic rings. The van der Waals surface area contributed by atoms with Crippen molar-refractivity contribution in [1.82, 2.24) is 5.32 Å². The molecular formula is C33H49N3. The van der Waals surface area contributed by atoms with E-state index < -0.39 is 0 Å². The van der Waals surface area contributed by atoms with Gasteiger partial charge in [0.15, 0.2) is 0 Å². The lowest BCUT2D eigenvalue weighted by Crippen LogP contribution is -2.49. The highest BCUT2D eigenvalue weighted by Crippen LogP contribution is 2.37. The van der Waals surface area contributed by atoms with E-state index in [1.807, 2.05) is 0 Å². The molecule has 0 saturated carbocycles. The second kappa shape index (κ2) is 12.3.